The third kappa shape index (κ3) is 6.26. The van der Waals surface area contributed by atoms with Crippen LogP contribution in [0.5, 0.6) is 0 Å². The summed E-state index contributed by atoms with van der Waals surface area (Å²) >= 11 is 0. The molecule has 0 fully saturated rings. The number of pyridine rings is 1. The Morgan fingerprint density at radius 1 is 1.22 bits per heavy atom. The Bertz CT molecular complexity index is 773. The largest absolute Gasteiger partial charge is 0.483 e. The number of hydrogen-bond acceptors (Lipinski definition) is 5. The summed E-state index contributed by atoms with van der Waals surface area (Å²) in [5.74, 6) is 0.838. The minimum atomic E-state index is -0.250. The zero-order valence-corrected chi connectivity index (χ0v) is 16.5. The number of carbonyl (C=O) groups is 1. The maximum Gasteiger partial charge on any atom is 0.290 e. The fourth-order valence-corrected chi connectivity index (χ4v) is 2.54. The molecule has 2 heterocycles. The number of aryl methyl sites for hydroxylation is 2. The Labute approximate surface area is 161 Å². The van der Waals surface area contributed by atoms with Gasteiger partial charge in [0, 0.05) is 31.3 Å². The van der Waals surface area contributed by atoms with Crippen molar-refractivity contribution in [2.24, 2.45) is 4.99 Å². The van der Waals surface area contributed by atoms with E-state index in [0.717, 1.165) is 17.2 Å². The first-order chi connectivity index (χ1) is 13.1. The average molecular weight is 368 g/mol. The Morgan fingerprint density at radius 3 is 2.56 bits per heavy atom. The van der Waals surface area contributed by atoms with Crippen LogP contribution in [0, 0.1) is 13.8 Å². The molecule has 2 aromatic rings. The number of anilines is 1. The molecule has 3 rings (SSSR count). The molecule has 2 N–H and O–H groups in total. The van der Waals surface area contributed by atoms with Crippen LogP contribution in [-0.4, -0.2) is 34.5 Å². The highest BCUT2D eigenvalue weighted by Crippen LogP contribution is 2.25. The van der Waals surface area contributed by atoms with Crippen molar-refractivity contribution in [3.8, 4) is 0 Å². The Balaban J connectivity index is 0.000000665. The second-order valence-electron chi connectivity index (χ2n) is 5.69. The molecule has 0 spiro atoms. The van der Waals surface area contributed by atoms with Crippen LogP contribution in [-0.2, 0) is 4.79 Å². The predicted molar refractivity (Wildman–Crippen MR) is 111 cm³/mol. The van der Waals surface area contributed by atoms with Gasteiger partial charge in [0.1, 0.15) is 0 Å². The van der Waals surface area contributed by atoms with Gasteiger partial charge >= 0.3 is 0 Å². The molecule has 1 aromatic heterocycles. The minimum absolute atomic E-state index is 0.138. The summed E-state index contributed by atoms with van der Waals surface area (Å²) in [6.45, 7) is 7.94. The van der Waals surface area contributed by atoms with E-state index in [9.17, 15) is 0 Å². The van der Waals surface area contributed by atoms with Crippen LogP contribution in [0.15, 0.2) is 60.0 Å². The smallest absolute Gasteiger partial charge is 0.290 e. The van der Waals surface area contributed by atoms with E-state index in [4.69, 9.17) is 9.90 Å². The number of aromatic nitrogens is 1. The number of benzene rings is 1. The molecule has 0 saturated carbocycles. The van der Waals surface area contributed by atoms with E-state index in [2.05, 4.69) is 64.4 Å². The fraction of sp³-hybridized carbons (Fsp3) is 0.286. The van der Waals surface area contributed by atoms with Crippen molar-refractivity contribution >= 4 is 18.1 Å². The van der Waals surface area contributed by atoms with Gasteiger partial charge in [-0.15, -0.1) is 0 Å². The third-order valence-corrected chi connectivity index (χ3v) is 3.88. The molecule has 0 saturated heterocycles. The number of carboxylic acid groups (broad SMARTS) is 1. The van der Waals surface area contributed by atoms with Gasteiger partial charge in [0.2, 0.25) is 5.96 Å². The molecule has 1 unspecified atom stereocenters. The summed E-state index contributed by atoms with van der Waals surface area (Å²) in [5, 5.41) is 10.3. The highest BCUT2D eigenvalue weighted by molar-refractivity contribution is 5.95. The van der Waals surface area contributed by atoms with E-state index in [1.807, 2.05) is 39.4 Å². The van der Waals surface area contributed by atoms with Crippen molar-refractivity contribution in [3.05, 3.63) is 71.7 Å². The van der Waals surface area contributed by atoms with E-state index in [1.54, 1.807) is 6.20 Å². The molecule has 1 aromatic carbocycles. The highest BCUT2D eigenvalue weighted by Gasteiger charge is 2.21. The van der Waals surface area contributed by atoms with Gasteiger partial charge < -0.3 is 15.3 Å². The Kier molecular flexibility index (Phi) is 9.29. The molecule has 6 nitrogen and oxygen atoms in total. The number of likely N-dealkylation sites (N-methyl/N-ethyl adjacent to an activating group) is 1. The summed E-state index contributed by atoms with van der Waals surface area (Å²) in [5.41, 5.74) is 4.67. The number of guanidine groups is 1. The van der Waals surface area contributed by atoms with E-state index in [0.29, 0.717) is 0 Å². The van der Waals surface area contributed by atoms with Gasteiger partial charge in [0.15, 0.2) is 0 Å². The Hall–Kier alpha value is -3.15. The van der Waals surface area contributed by atoms with Crippen LogP contribution in [0.3, 0.4) is 0 Å². The molecular weight excluding hydrogens is 340 g/mol. The molecule has 0 bridgehead atoms. The van der Waals surface area contributed by atoms with Crippen molar-refractivity contribution in [1.29, 1.82) is 0 Å². The van der Waals surface area contributed by atoms with E-state index in [1.165, 1.54) is 11.1 Å². The predicted octanol–water partition coefficient (Wildman–Crippen LogP) is 4.39. The molecule has 1 atom stereocenters. The lowest BCUT2D eigenvalue weighted by atomic mass is 10.1. The topological polar surface area (TPSA) is 77.8 Å². The molecule has 1 aliphatic heterocycles. The number of hydrogen-bond donors (Lipinski definition) is 2. The second kappa shape index (κ2) is 11.5. The van der Waals surface area contributed by atoms with Gasteiger partial charge in [-0.2, -0.15) is 0 Å². The van der Waals surface area contributed by atoms with Crippen LogP contribution >= 0.6 is 0 Å². The van der Waals surface area contributed by atoms with Crippen molar-refractivity contribution in [2.75, 3.05) is 12.4 Å². The van der Waals surface area contributed by atoms with Gasteiger partial charge in [0.25, 0.3) is 6.47 Å². The molecule has 27 heavy (non-hydrogen) atoms. The summed E-state index contributed by atoms with van der Waals surface area (Å²) in [6, 6.07) is 10.6. The molecular formula is C21H28N4O2. The minimum Gasteiger partial charge on any atom is -0.483 e. The zero-order valence-electron chi connectivity index (χ0n) is 16.5. The number of nitrogens with one attached hydrogen (secondary N) is 1. The summed E-state index contributed by atoms with van der Waals surface area (Å²) < 4.78 is 0. The van der Waals surface area contributed by atoms with Gasteiger partial charge in [-0.3, -0.25) is 9.78 Å². The quantitative estimate of drug-likeness (QED) is 0.769. The Morgan fingerprint density at radius 2 is 1.93 bits per heavy atom. The number of nitrogens with zero attached hydrogens (tertiary/aromatic N) is 3. The normalized spacial score (nSPS) is 14.8. The van der Waals surface area contributed by atoms with Gasteiger partial charge in [-0.25, -0.2) is 4.99 Å². The van der Waals surface area contributed by atoms with E-state index >= 15 is 0 Å². The first kappa shape index (κ1) is 21.9. The molecule has 0 radical (unpaired) electrons. The lowest BCUT2D eigenvalue weighted by molar-refractivity contribution is -0.122. The molecule has 0 amide bonds. The van der Waals surface area contributed by atoms with E-state index < -0.39 is 0 Å². The highest BCUT2D eigenvalue weighted by atomic mass is 16.3. The van der Waals surface area contributed by atoms with Gasteiger partial charge in [-0.1, -0.05) is 32.0 Å². The number of rotatable bonds is 2. The van der Waals surface area contributed by atoms with Crippen LogP contribution in [0.2, 0.25) is 0 Å². The van der Waals surface area contributed by atoms with Crippen molar-refractivity contribution < 1.29 is 9.90 Å². The summed E-state index contributed by atoms with van der Waals surface area (Å²) in [7, 11) is 2.04. The fourth-order valence-electron chi connectivity index (χ4n) is 2.54. The SMILES string of the molecule is CC.Cc1ccc(C)c(NC2=NC=CC(c3cccnc3)N2C)c1.O=CO. The summed E-state index contributed by atoms with van der Waals surface area (Å²) in [4.78, 5) is 19.2. The standard InChI is InChI=1S/C18H20N4.C2H6.CH2O2/c1-13-6-7-14(2)16(11-13)21-18-20-10-8-17(22(18)3)15-5-4-9-19-12-15;1-2;2-1-3/h4-12,17H,1-3H3,(H,20,21);1-2H3;1H,(H,2,3). The molecule has 144 valence electrons. The lowest BCUT2D eigenvalue weighted by Gasteiger charge is -2.31. The van der Waals surface area contributed by atoms with Crippen LogP contribution in [0.1, 0.15) is 36.6 Å². The monoisotopic (exact) mass is 368 g/mol. The first-order valence-corrected chi connectivity index (χ1v) is 8.86. The third-order valence-electron chi connectivity index (χ3n) is 3.88. The molecule has 6 heteroatoms. The average Bonchev–Trinajstić information content (AvgIpc) is 2.69. The van der Waals surface area contributed by atoms with Crippen molar-refractivity contribution in [1.82, 2.24) is 9.88 Å². The van der Waals surface area contributed by atoms with Gasteiger partial charge in [-0.05, 0) is 48.7 Å². The maximum atomic E-state index is 8.36. The van der Waals surface area contributed by atoms with E-state index in [-0.39, 0.29) is 12.5 Å². The molecule has 0 aliphatic carbocycles. The van der Waals surface area contributed by atoms with Crippen LogP contribution in [0.4, 0.5) is 5.69 Å². The van der Waals surface area contributed by atoms with Gasteiger partial charge in [0.05, 0.1) is 6.04 Å². The molecule has 1 aliphatic rings. The van der Waals surface area contributed by atoms with Crippen molar-refractivity contribution in [2.45, 2.75) is 33.7 Å². The van der Waals surface area contributed by atoms with Crippen LogP contribution in [0.25, 0.3) is 0 Å². The zero-order chi connectivity index (χ0) is 20.2. The van der Waals surface area contributed by atoms with Crippen LogP contribution < -0.4 is 5.32 Å². The second-order valence-corrected chi connectivity index (χ2v) is 5.69. The number of aliphatic imine (C=N–C) groups is 1. The first-order valence-electron chi connectivity index (χ1n) is 8.86. The van der Waals surface area contributed by atoms with Crippen molar-refractivity contribution in [3.63, 3.8) is 0 Å². The maximum absolute atomic E-state index is 8.36. The summed E-state index contributed by atoms with van der Waals surface area (Å²) in [6.07, 6.45) is 7.61. The lowest BCUT2D eigenvalue weighted by Crippen LogP contribution is -2.37.